The first-order chi connectivity index (χ1) is 12.5. The number of ether oxygens (including phenoxy) is 2. The van der Waals surface area contributed by atoms with Crippen LogP contribution in [0.15, 0.2) is 48.5 Å². The zero-order chi connectivity index (χ0) is 18.9. The van der Waals surface area contributed by atoms with Crippen LogP contribution in [0, 0.1) is 0 Å². The normalized spacial score (nSPS) is 11.5. The van der Waals surface area contributed by atoms with Gasteiger partial charge in [-0.1, -0.05) is 30.3 Å². The van der Waals surface area contributed by atoms with Crippen molar-refractivity contribution >= 4 is 23.6 Å². The summed E-state index contributed by atoms with van der Waals surface area (Å²) in [6.07, 6.45) is 0. The van der Waals surface area contributed by atoms with Gasteiger partial charge in [0, 0.05) is 17.9 Å². The summed E-state index contributed by atoms with van der Waals surface area (Å²) < 4.78 is 9.97. The van der Waals surface area contributed by atoms with Gasteiger partial charge in [-0.25, -0.2) is 4.79 Å². The summed E-state index contributed by atoms with van der Waals surface area (Å²) >= 11 is 1.54. The third kappa shape index (κ3) is 5.52. The van der Waals surface area contributed by atoms with Crippen molar-refractivity contribution in [2.45, 2.75) is 24.5 Å². The van der Waals surface area contributed by atoms with Crippen LogP contribution in [-0.4, -0.2) is 31.3 Å². The lowest BCUT2D eigenvalue weighted by Crippen LogP contribution is -2.30. The molecule has 0 spiro atoms. The molecule has 0 aromatic heterocycles. The number of hydrogen-bond acceptors (Lipinski definition) is 5. The summed E-state index contributed by atoms with van der Waals surface area (Å²) in [6, 6.07) is 14.8. The lowest BCUT2D eigenvalue weighted by molar-refractivity contribution is -0.120. The fourth-order valence-corrected chi connectivity index (χ4v) is 3.20. The summed E-state index contributed by atoms with van der Waals surface area (Å²) in [5.74, 6) is 1.07. The highest BCUT2D eigenvalue weighted by atomic mass is 32.2. The zero-order valence-corrected chi connectivity index (χ0v) is 16.0. The third-order valence-corrected chi connectivity index (χ3v) is 5.10. The van der Waals surface area contributed by atoms with Crippen molar-refractivity contribution in [1.82, 2.24) is 5.32 Å². The number of carbonyl (C=O) groups excluding carboxylic acids is 2. The number of methoxy groups -OCH3 is 2. The van der Waals surface area contributed by atoms with Gasteiger partial charge in [0.25, 0.3) is 0 Å². The molecular formula is C20H23NO4S. The molecule has 0 fully saturated rings. The van der Waals surface area contributed by atoms with Crippen molar-refractivity contribution < 1.29 is 19.1 Å². The first-order valence-electron chi connectivity index (χ1n) is 8.23. The minimum Gasteiger partial charge on any atom is -0.496 e. The molecular weight excluding hydrogens is 350 g/mol. The Labute approximate surface area is 158 Å². The largest absolute Gasteiger partial charge is 0.496 e. The number of carbonyl (C=O) groups is 2. The van der Waals surface area contributed by atoms with Crippen molar-refractivity contribution in [3.8, 4) is 5.75 Å². The maximum atomic E-state index is 12.3. The molecule has 6 heteroatoms. The standard InChI is InChI=1S/C20H23NO4S/c1-14(19(22)21-12-17-6-4-5-7-18(17)24-2)26-13-15-8-10-16(11-9-15)20(23)25-3/h4-11,14H,12-13H2,1-3H3,(H,21,22). The molecule has 0 aliphatic heterocycles. The molecule has 1 atom stereocenters. The molecule has 2 aromatic carbocycles. The number of esters is 1. The molecule has 0 heterocycles. The van der Waals surface area contributed by atoms with Crippen molar-refractivity contribution in [1.29, 1.82) is 0 Å². The number of amides is 1. The van der Waals surface area contributed by atoms with Gasteiger partial charge in [0.1, 0.15) is 5.75 Å². The van der Waals surface area contributed by atoms with Gasteiger partial charge in [-0.3, -0.25) is 4.79 Å². The monoisotopic (exact) mass is 373 g/mol. The van der Waals surface area contributed by atoms with Crippen molar-refractivity contribution in [3.05, 3.63) is 65.2 Å². The molecule has 0 aliphatic rings. The Morgan fingerprint density at radius 2 is 1.77 bits per heavy atom. The summed E-state index contributed by atoms with van der Waals surface area (Å²) in [5, 5.41) is 2.75. The molecule has 0 radical (unpaired) electrons. The Kier molecular flexibility index (Phi) is 7.53. The lowest BCUT2D eigenvalue weighted by atomic mass is 10.1. The highest BCUT2D eigenvalue weighted by molar-refractivity contribution is 7.99. The van der Waals surface area contributed by atoms with Gasteiger partial charge in [-0.15, -0.1) is 11.8 Å². The highest BCUT2D eigenvalue weighted by Gasteiger charge is 2.14. The molecule has 0 saturated carbocycles. The number of para-hydroxylation sites is 1. The van der Waals surface area contributed by atoms with Gasteiger partial charge in [-0.05, 0) is 30.7 Å². The van der Waals surface area contributed by atoms with Crippen LogP contribution in [0.2, 0.25) is 0 Å². The second-order valence-corrected chi connectivity index (χ2v) is 7.00. The summed E-state index contributed by atoms with van der Waals surface area (Å²) in [4.78, 5) is 23.7. The van der Waals surface area contributed by atoms with Crippen LogP contribution in [0.5, 0.6) is 5.75 Å². The summed E-state index contributed by atoms with van der Waals surface area (Å²) in [5.41, 5.74) is 2.51. The van der Waals surface area contributed by atoms with Crippen LogP contribution in [0.4, 0.5) is 0 Å². The molecule has 5 nitrogen and oxygen atoms in total. The van der Waals surface area contributed by atoms with E-state index in [0.717, 1.165) is 16.9 Å². The van der Waals surface area contributed by atoms with E-state index in [1.165, 1.54) is 7.11 Å². The summed E-state index contributed by atoms with van der Waals surface area (Å²) in [7, 11) is 2.97. The van der Waals surface area contributed by atoms with Gasteiger partial charge in [0.15, 0.2) is 0 Å². The molecule has 1 N–H and O–H groups in total. The van der Waals surface area contributed by atoms with Crippen LogP contribution in [0.3, 0.4) is 0 Å². The molecule has 0 saturated heterocycles. The molecule has 0 bridgehead atoms. The Hall–Kier alpha value is -2.47. The SMILES string of the molecule is COC(=O)c1ccc(CSC(C)C(=O)NCc2ccccc2OC)cc1. The van der Waals surface area contributed by atoms with E-state index >= 15 is 0 Å². The van der Waals surface area contributed by atoms with E-state index in [9.17, 15) is 9.59 Å². The van der Waals surface area contributed by atoms with E-state index in [1.54, 1.807) is 31.0 Å². The van der Waals surface area contributed by atoms with Gasteiger partial charge in [-0.2, -0.15) is 0 Å². The van der Waals surface area contributed by atoms with E-state index in [4.69, 9.17) is 4.74 Å². The number of rotatable bonds is 8. The molecule has 1 unspecified atom stereocenters. The van der Waals surface area contributed by atoms with Crippen LogP contribution < -0.4 is 10.1 Å². The van der Waals surface area contributed by atoms with Gasteiger partial charge in [0.05, 0.1) is 25.0 Å². The molecule has 2 rings (SSSR count). The number of thioether (sulfide) groups is 1. The second-order valence-electron chi connectivity index (χ2n) is 5.67. The zero-order valence-electron chi connectivity index (χ0n) is 15.2. The van der Waals surface area contributed by atoms with Crippen LogP contribution in [0.25, 0.3) is 0 Å². The Morgan fingerprint density at radius 1 is 1.08 bits per heavy atom. The topological polar surface area (TPSA) is 64.6 Å². The summed E-state index contributed by atoms with van der Waals surface area (Å²) in [6.45, 7) is 2.31. The quantitative estimate of drug-likeness (QED) is 0.718. The maximum absolute atomic E-state index is 12.3. The van der Waals surface area contributed by atoms with E-state index in [-0.39, 0.29) is 17.1 Å². The highest BCUT2D eigenvalue weighted by Crippen LogP contribution is 2.20. The Morgan fingerprint density at radius 3 is 2.42 bits per heavy atom. The minimum absolute atomic E-state index is 0.0212. The van der Waals surface area contributed by atoms with Gasteiger partial charge in [0.2, 0.25) is 5.91 Å². The number of nitrogens with one attached hydrogen (secondary N) is 1. The fourth-order valence-electron chi connectivity index (χ4n) is 2.33. The van der Waals surface area contributed by atoms with Gasteiger partial charge >= 0.3 is 5.97 Å². The van der Waals surface area contributed by atoms with Crippen LogP contribution >= 0.6 is 11.8 Å². The predicted octanol–water partition coefficient (Wildman–Crippen LogP) is 3.42. The molecule has 26 heavy (non-hydrogen) atoms. The van der Waals surface area contributed by atoms with Crippen molar-refractivity contribution in [2.24, 2.45) is 0 Å². The second kappa shape index (κ2) is 9.87. The van der Waals surface area contributed by atoms with Crippen LogP contribution in [-0.2, 0) is 21.8 Å². The van der Waals surface area contributed by atoms with Crippen molar-refractivity contribution in [3.63, 3.8) is 0 Å². The Bertz CT molecular complexity index is 746. The average Bonchev–Trinajstić information content (AvgIpc) is 2.70. The van der Waals surface area contributed by atoms with Crippen LogP contribution in [0.1, 0.15) is 28.4 Å². The molecule has 138 valence electrons. The fraction of sp³-hybridized carbons (Fsp3) is 0.300. The molecule has 2 aromatic rings. The van der Waals surface area contributed by atoms with E-state index < -0.39 is 0 Å². The first kappa shape index (κ1) is 19.8. The third-order valence-electron chi connectivity index (χ3n) is 3.89. The average molecular weight is 373 g/mol. The van der Waals surface area contributed by atoms with E-state index in [0.29, 0.717) is 17.9 Å². The van der Waals surface area contributed by atoms with E-state index in [1.807, 2.05) is 43.3 Å². The van der Waals surface area contributed by atoms with Gasteiger partial charge < -0.3 is 14.8 Å². The molecule has 1 amide bonds. The maximum Gasteiger partial charge on any atom is 0.337 e. The predicted molar refractivity (Wildman–Crippen MR) is 103 cm³/mol. The van der Waals surface area contributed by atoms with E-state index in [2.05, 4.69) is 10.1 Å². The molecule has 0 aliphatic carbocycles. The lowest BCUT2D eigenvalue weighted by Gasteiger charge is -2.13. The smallest absolute Gasteiger partial charge is 0.337 e. The van der Waals surface area contributed by atoms with Crippen molar-refractivity contribution in [2.75, 3.05) is 14.2 Å². The Balaban J connectivity index is 1.82. The first-order valence-corrected chi connectivity index (χ1v) is 9.28. The number of hydrogen-bond donors (Lipinski definition) is 1. The number of benzene rings is 2. The minimum atomic E-state index is -0.353.